The summed E-state index contributed by atoms with van der Waals surface area (Å²) in [5.41, 5.74) is 0.695. The van der Waals surface area contributed by atoms with Crippen LogP contribution in [-0.2, 0) is 11.2 Å². The Kier molecular flexibility index (Phi) is 7.08. The van der Waals surface area contributed by atoms with Gasteiger partial charge in [0.2, 0.25) is 5.16 Å². The first-order valence-corrected chi connectivity index (χ1v) is 9.22. The minimum Gasteiger partial charge on any atom is -0.490 e. The number of hydrogen-bond acceptors (Lipinski definition) is 6. The molecule has 0 spiro atoms. The number of thioether (sulfide) groups is 1. The van der Waals surface area contributed by atoms with Crippen LogP contribution in [0.15, 0.2) is 28.3 Å². The number of H-pyrrole nitrogens is 1. The van der Waals surface area contributed by atoms with E-state index in [0.29, 0.717) is 41.1 Å². The van der Waals surface area contributed by atoms with Crippen molar-refractivity contribution in [3.05, 3.63) is 34.5 Å². The first kappa shape index (κ1) is 19.8. The second-order valence-electron chi connectivity index (χ2n) is 5.64. The van der Waals surface area contributed by atoms with Gasteiger partial charge >= 0.3 is 5.97 Å². The molecule has 2 rings (SSSR count). The van der Waals surface area contributed by atoms with Crippen LogP contribution in [0.25, 0.3) is 6.08 Å². The molecule has 0 aliphatic rings. The third-order valence-corrected chi connectivity index (χ3v) is 4.06. The highest BCUT2D eigenvalue weighted by Gasteiger charge is 2.14. The van der Waals surface area contributed by atoms with E-state index in [0.717, 1.165) is 11.8 Å². The third kappa shape index (κ3) is 5.52. The van der Waals surface area contributed by atoms with E-state index in [-0.39, 0.29) is 11.0 Å². The average Bonchev–Trinajstić information content (AvgIpc) is 3.04. The molecule has 1 aromatic carbocycles. The molecule has 0 saturated heterocycles. The number of carboxylic acid groups (broad SMARTS) is 1. The second-order valence-corrected chi connectivity index (χ2v) is 6.65. The maximum atomic E-state index is 11.6. The number of carboxylic acids is 1. The summed E-state index contributed by atoms with van der Waals surface area (Å²) in [4.78, 5) is 15.9. The fourth-order valence-corrected chi connectivity index (χ4v) is 2.83. The van der Waals surface area contributed by atoms with Crippen LogP contribution in [0.1, 0.15) is 39.1 Å². The lowest BCUT2D eigenvalue weighted by atomic mass is 10.2. The van der Waals surface area contributed by atoms with Crippen LogP contribution in [0.3, 0.4) is 0 Å². The second kappa shape index (κ2) is 9.28. The van der Waals surface area contributed by atoms with Gasteiger partial charge < -0.3 is 14.6 Å². The first-order valence-electron chi connectivity index (χ1n) is 8.40. The molecule has 2 N–H and O–H groups in total. The van der Waals surface area contributed by atoms with Crippen LogP contribution in [0, 0.1) is 0 Å². The topological polar surface area (TPSA) is 97.3 Å². The van der Waals surface area contributed by atoms with Crippen molar-refractivity contribution in [2.45, 2.75) is 45.4 Å². The monoisotopic (exact) mass is 377 g/mol. The van der Waals surface area contributed by atoms with Crippen LogP contribution in [0.4, 0.5) is 0 Å². The van der Waals surface area contributed by atoms with E-state index in [2.05, 4.69) is 15.2 Å². The molecule has 0 aliphatic carbocycles. The molecule has 26 heavy (non-hydrogen) atoms. The van der Waals surface area contributed by atoms with Gasteiger partial charge in [-0.3, -0.25) is 5.10 Å². The predicted molar refractivity (Wildman–Crippen MR) is 101 cm³/mol. The number of carbonyl (C=O) groups is 1. The molecule has 7 nitrogen and oxygen atoms in total. The van der Waals surface area contributed by atoms with Crippen molar-refractivity contribution in [3.63, 3.8) is 0 Å². The Morgan fingerprint density at radius 1 is 1.35 bits per heavy atom. The van der Waals surface area contributed by atoms with Gasteiger partial charge in [0.15, 0.2) is 11.5 Å². The van der Waals surface area contributed by atoms with E-state index in [1.807, 2.05) is 27.7 Å². The molecule has 0 radical (unpaired) electrons. The Hall–Kier alpha value is -2.48. The number of aromatic amines is 1. The van der Waals surface area contributed by atoms with E-state index >= 15 is 0 Å². The Morgan fingerprint density at radius 3 is 2.69 bits per heavy atom. The van der Waals surface area contributed by atoms with E-state index < -0.39 is 5.97 Å². The van der Waals surface area contributed by atoms with Crippen molar-refractivity contribution in [1.29, 1.82) is 0 Å². The summed E-state index contributed by atoms with van der Waals surface area (Å²) in [6.07, 6.45) is 2.28. The molecule has 1 heterocycles. The number of aromatic nitrogens is 3. The molecule has 0 saturated carbocycles. The largest absolute Gasteiger partial charge is 0.490 e. The smallest absolute Gasteiger partial charge is 0.342 e. The number of nitrogens with zero attached hydrogens (tertiary/aromatic N) is 2. The van der Waals surface area contributed by atoms with Gasteiger partial charge in [0, 0.05) is 6.42 Å². The first-order chi connectivity index (χ1) is 12.4. The molecule has 1 aromatic heterocycles. The molecule has 140 valence electrons. The molecule has 0 bridgehead atoms. The van der Waals surface area contributed by atoms with Crippen molar-refractivity contribution < 1.29 is 19.4 Å². The van der Waals surface area contributed by atoms with Crippen LogP contribution in [0.5, 0.6) is 11.5 Å². The zero-order chi connectivity index (χ0) is 19.1. The van der Waals surface area contributed by atoms with Crippen molar-refractivity contribution in [2.24, 2.45) is 0 Å². The zero-order valence-electron chi connectivity index (χ0n) is 15.3. The maximum Gasteiger partial charge on any atom is 0.342 e. The number of benzene rings is 1. The molecule has 8 heteroatoms. The summed E-state index contributed by atoms with van der Waals surface area (Å²) >= 11 is 0.998. The molecule has 0 fully saturated rings. The molecule has 0 amide bonds. The highest BCUT2D eigenvalue weighted by Crippen LogP contribution is 2.32. The minimum absolute atomic E-state index is 0.0132. The quantitative estimate of drug-likeness (QED) is 0.507. The third-order valence-electron chi connectivity index (χ3n) is 3.19. The van der Waals surface area contributed by atoms with E-state index in [9.17, 15) is 9.90 Å². The fourth-order valence-electron chi connectivity index (χ4n) is 2.10. The molecular formula is C18H23N3O4S. The van der Waals surface area contributed by atoms with Gasteiger partial charge in [-0.15, -0.1) is 5.10 Å². The summed E-state index contributed by atoms with van der Waals surface area (Å²) in [6.45, 7) is 8.18. The van der Waals surface area contributed by atoms with Crippen LogP contribution in [-0.4, -0.2) is 39.0 Å². The van der Waals surface area contributed by atoms with E-state index in [4.69, 9.17) is 9.47 Å². The van der Waals surface area contributed by atoms with Gasteiger partial charge in [-0.05, 0) is 56.3 Å². The Morgan fingerprint density at radius 2 is 2.12 bits per heavy atom. The number of hydrogen-bond donors (Lipinski definition) is 2. The Balaban J connectivity index is 2.30. The summed E-state index contributed by atoms with van der Waals surface area (Å²) < 4.78 is 11.3. The van der Waals surface area contributed by atoms with Crippen LogP contribution >= 0.6 is 11.8 Å². The summed E-state index contributed by atoms with van der Waals surface area (Å²) in [6, 6.07) is 5.34. The summed E-state index contributed by atoms with van der Waals surface area (Å²) in [5.74, 6) is 0.880. The van der Waals surface area contributed by atoms with Crippen molar-refractivity contribution in [3.8, 4) is 11.5 Å². The Labute approximate surface area is 156 Å². The van der Waals surface area contributed by atoms with Crippen molar-refractivity contribution >= 4 is 23.8 Å². The highest BCUT2D eigenvalue weighted by atomic mass is 32.2. The van der Waals surface area contributed by atoms with Crippen LogP contribution < -0.4 is 9.47 Å². The van der Waals surface area contributed by atoms with Gasteiger partial charge in [-0.1, -0.05) is 13.0 Å². The minimum atomic E-state index is -1.04. The standard InChI is InChI=1S/C18H23N3O4S/c1-5-16-19-18(21-20-16)26-15(17(22)23)10-12-7-8-13(25-11(3)4)14(9-12)24-6-2/h7-11H,5-6H2,1-4H3,(H,22,23)(H,19,20,21)/b15-10+. The predicted octanol–water partition coefficient (Wildman–Crippen LogP) is 3.77. The Bertz CT molecular complexity index is 786. The number of nitrogens with one attached hydrogen (secondary N) is 1. The molecule has 2 aromatic rings. The fraction of sp³-hybridized carbons (Fsp3) is 0.389. The van der Waals surface area contributed by atoms with Crippen molar-refractivity contribution in [1.82, 2.24) is 15.2 Å². The molecule has 0 unspecified atom stereocenters. The highest BCUT2D eigenvalue weighted by molar-refractivity contribution is 8.04. The van der Waals surface area contributed by atoms with Gasteiger partial charge in [0.25, 0.3) is 0 Å². The molecule has 0 aliphatic heterocycles. The van der Waals surface area contributed by atoms with E-state index in [1.54, 1.807) is 24.3 Å². The number of ether oxygens (including phenoxy) is 2. The molecule has 0 atom stereocenters. The lowest BCUT2D eigenvalue weighted by molar-refractivity contribution is -0.131. The summed E-state index contributed by atoms with van der Waals surface area (Å²) in [7, 11) is 0. The lowest BCUT2D eigenvalue weighted by Crippen LogP contribution is -2.07. The van der Waals surface area contributed by atoms with E-state index in [1.165, 1.54) is 0 Å². The average molecular weight is 377 g/mol. The summed E-state index contributed by atoms with van der Waals surface area (Å²) in [5, 5.41) is 16.7. The SMILES string of the molecule is CCOc1cc(/C=C(/Sc2n[nH]c(CC)n2)C(=O)O)ccc1OC(C)C. The zero-order valence-corrected chi connectivity index (χ0v) is 16.1. The van der Waals surface area contributed by atoms with Gasteiger partial charge in [-0.2, -0.15) is 0 Å². The number of aliphatic carboxylic acids is 1. The van der Waals surface area contributed by atoms with Gasteiger partial charge in [0.1, 0.15) is 10.7 Å². The van der Waals surface area contributed by atoms with Gasteiger partial charge in [-0.25, -0.2) is 9.78 Å². The number of rotatable bonds is 9. The van der Waals surface area contributed by atoms with Gasteiger partial charge in [0.05, 0.1) is 12.7 Å². The number of aryl methyl sites for hydroxylation is 1. The lowest BCUT2D eigenvalue weighted by Gasteiger charge is -2.15. The molecular weight excluding hydrogens is 354 g/mol. The normalized spacial score (nSPS) is 11.7. The van der Waals surface area contributed by atoms with Crippen molar-refractivity contribution in [2.75, 3.05) is 6.61 Å². The maximum absolute atomic E-state index is 11.6. The van der Waals surface area contributed by atoms with Crippen LogP contribution in [0.2, 0.25) is 0 Å².